The topological polar surface area (TPSA) is 46.2 Å². The van der Waals surface area contributed by atoms with Crippen molar-refractivity contribution in [2.24, 2.45) is 5.73 Å². The van der Waals surface area contributed by atoms with Crippen LogP contribution < -0.4 is 5.73 Å². The van der Waals surface area contributed by atoms with Crippen molar-refractivity contribution < 1.29 is 9.50 Å². The molecule has 2 nitrogen and oxygen atoms in total. The molecule has 1 atom stereocenters. The molecule has 18 heavy (non-hydrogen) atoms. The van der Waals surface area contributed by atoms with Gasteiger partial charge in [0, 0.05) is 22.6 Å². The molecule has 0 amide bonds. The summed E-state index contributed by atoms with van der Waals surface area (Å²) in [6.45, 7) is 5.45. The summed E-state index contributed by atoms with van der Waals surface area (Å²) in [5, 5.41) is 9.56. The molecule has 0 saturated heterocycles. The van der Waals surface area contributed by atoms with E-state index in [4.69, 9.17) is 28.9 Å². The van der Waals surface area contributed by atoms with Gasteiger partial charge < -0.3 is 10.8 Å². The molecule has 0 heterocycles. The van der Waals surface area contributed by atoms with Crippen molar-refractivity contribution in [1.82, 2.24) is 0 Å². The SMILES string of the molecule is CC(C)(N)C(C)(CCO)c1cc(F)c(Cl)cc1Cl. The van der Waals surface area contributed by atoms with E-state index in [9.17, 15) is 9.50 Å². The van der Waals surface area contributed by atoms with Crippen molar-refractivity contribution in [3.8, 4) is 0 Å². The Bertz CT molecular complexity index is 445. The largest absolute Gasteiger partial charge is 0.396 e. The van der Waals surface area contributed by atoms with Crippen molar-refractivity contribution in [3.63, 3.8) is 0 Å². The zero-order valence-corrected chi connectivity index (χ0v) is 12.2. The third kappa shape index (κ3) is 2.80. The van der Waals surface area contributed by atoms with Gasteiger partial charge in [-0.1, -0.05) is 30.1 Å². The molecule has 102 valence electrons. The van der Waals surface area contributed by atoms with Gasteiger partial charge in [-0.2, -0.15) is 0 Å². The monoisotopic (exact) mass is 293 g/mol. The Morgan fingerprint density at radius 1 is 1.22 bits per heavy atom. The van der Waals surface area contributed by atoms with Gasteiger partial charge in [-0.15, -0.1) is 0 Å². The van der Waals surface area contributed by atoms with Gasteiger partial charge in [0.2, 0.25) is 0 Å². The highest BCUT2D eigenvalue weighted by atomic mass is 35.5. The predicted molar refractivity (Wildman–Crippen MR) is 73.7 cm³/mol. The van der Waals surface area contributed by atoms with Crippen LogP contribution in [0.25, 0.3) is 0 Å². The number of rotatable bonds is 4. The van der Waals surface area contributed by atoms with Crippen LogP contribution in [0.3, 0.4) is 0 Å². The molecule has 3 N–H and O–H groups in total. The lowest BCUT2D eigenvalue weighted by Crippen LogP contribution is -2.52. The maximum Gasteiger partial charge on any atom is 0.142 e. The van der Waals surface area contributed by atoms with Crippen LogP contribution in [-0.2, 0) is 5.41 Å². The number of hydrogen-bond donors (Lipinski definition) is 2. The van der Waals surface area contributed by atoms with E-state index in [-0.39, 0.29) is 11.6 Å². The quantitative estimate of drug-likeness (QED) is 0.835. The summed E-state index contributed by atoms with van der Waals surface area (Å²) in [7, 11) is 0. The van der Waals surface area contributed by atoms with E-state index in [0.29, 0.717) is 17.0 Å². The number of halogens is 3. The Hall–Kier alpha value is -0.350. The zero-order chi connectivity index (χ0) is 14.1. The van der Waals surface area contributed by atoms with Gasteiger partial charge in [-0.3, -0.25) is 0 Å². The molecule has 0 radical (unpaired) electrons. The van der Waals surface area contributed by atoms with Crippen molar-refractivity contribution >= 4 is 23.2 Å². The molecule has 0 bridgehead atoms. The second kappa shape index (κ2) is 5.33. The van der Waals surface area contributed by atoms with Crippen LogP contribution in [0.1, 0.15) is 32.8 Å². The van der Waals surface area contributed by atoms with Crippen molar-refractivity contribution in [3.05, 3.63) is 33.6 Å². The van der Waals surface area contributed by atoms with E-state index in [1.165, 1.54) is 12.1 Å². The first-order valence-corrected chi connectivity index (χ1v) is 6.44. The molecule has 0 saturated carbocycles. The molecule has 1 aromatic carbocycles. The van der Waals surface area contributed by atoms with Crippen LogP contribution in [-0.4, -0.2) is 17.3 Å². The Morgan fingerprint density at radius 2 is 1.78 bits per heavy atom. The Kier molecular flexibility index (Phi) is 4.65. The van der Waals surface area contributed by atoms with Gasteiger partial charge in [0.15, 0.2) is 0 Å². The summed E-state index contributed by atoms with van der Waals surface area (Å²) in [5.41, 5.74) is 5.41. The Morgan fingerprint density at radius 3 is 2.22 bits per heavy atom. The lowest BCUT2D eigenvalue weighted by molar-refractivity contribution is 0.190. The molecule has 5 heteroatoms. The third-order valence-electron chi connectivity index (χ3n) is 3.64. The van der Waals surface area contributed by atoms with E-state index >= 15 is 0 Å². The van der Waals surface area contributed by atoms with Gasteiger partial charge in [-0.25, -0.2) is 4.39 Å². The van der Waals surface area contributed by atoms with Crippen LogP contribution in [0.5, 0.6) is 0 Å². The van der Waals surface area contributed by atoms with Gasteiger partial charge >= 0.3 is 0 Å². The van der Waals surface area contributed by atoms with Crippen molar-refractivity contribution in [2.45, 2.75) is 38.1 Å². The highest BCUT2D eigenvalue weighted by Crippen LogP contribution is 2.41. The van der Waals surface area contributed by atoms with E-state index in [1.54, 1.807) is 0 Å². The van der Waals surface area contributed by atoms with Crippen LogP contribution in [0.4, 0.5) is 4.39 Å². The van der Waals surface area contributed by atoms with Gasteiger partial charge in [0.1, 0.15) is 5.82 Å². The average molecular weight is 294 g/mol. The predicted octanol–water partition coefficient (Wildman–Crippen LogP) is 3.51. The highest BCUT2D eigenvalue weighted by Gasteiger charge is 2.41. The van der Waals surface area contributed by atoms with Crippen LogP contribution >= 0.6 is 23.2 Å². The van der Waals surface area contributed by atoms with Crippen LogP contribution in [0, 0.1) is 5.82 Å². The third-order valence-corrected chi connectivity index (χ3v) is 4.24. The smallest absolute Gasteiger partial charge is 0.142 e. The first kappa shape index (κ1) is 15.7. The normalized spacial score (nSPS) is 15.6. The molecule has 0 aliphatic rings. The molecule has 0 fully saturated rings. The summed E-state index contributed by atoms with van der Waals surface area (Å²) < 4.78 is 13.6. The van der Waals surface area contributed by atoms with E-state index in [1.807, 2.05) is 20.8 Å². The van der Waals surface area contributed by atoms with E-state index in [0.717, 1.165) is 0 Å². The minimum atomic E-state index is -0.667. The molecular formula is C13H18Cl2FNO. The second-order valence-corrected chi connectivity index (χ2v) is 6.09. The minimum absolute atomic E-state index is 0.0232. The van der Waals surface area contributed by atoms with Gasteiger partial charge in [0.05, 0.1) is 5.02 Å². The first-order valence-electron chi connectivity index (χ1n) is 5.68. The van der Waals surface area contributed by atoms with Crippen molar-refractivity contribution in [1.29, 1.82) is 0 Å². The number of hydrogen-bond acceptors (Lipinski definition) is 2. The summed E-state index contributed by atoms with van der Waals surface area (Å²) in [6.07, 6.45) is 0.386. The molecule has 0 aliphatic carbocycles. The maximum atomic E-state index is 13.6. The van der Waals surface area contributed by atoms with Gasteiger partial charge in [-0.05, 0) is 38.0 Å². The zero-order valence-electron chi connectivity index (χ0n) is 10.7. The summed E-state index contributed by atoms with van der Waals surface area (Å²) >= 11 is 11.8. The fourth-order valence-corrected chi connectivity index (χ4v) is 2.56. The maximum absolute atomic E-state index is 13.6. The first-order chi connectivity index (χ1) is 8.13. The Balaban J connectivity index is 3.44. The number of benzene rings is 1. The molecular weight excluding hydrogens is 276 g/mol. The van der Waals surface area contributed by atoms with Crippen LogP contribution in [0.15, 0.2) is 12.1 Å². The summed E-state index contributed by atoms with van der Waals surface area (Å²) in [4.78, 5) is 0. The number of aliphatic hydroxyl groups is 1. The molecule has 1 aromatic rings. The lowest BCUT2D eigenvalue weighted by Gasteiger charge is -2.42. The molecule has 0 aromatic heterocycles. The second-order valence-electron chi connectivity index (χ2n) is 5.27. The Labute approximate surface area is 117 Å². The van der Waals surface area contributed by atoms with Gasteiger partial charge in [0.25, 0.3) is 0 Å². The molecule has 1 rings (SSSR count). The van der Waals surface area contributed by atoms with Crippen LogP contribution in [0.2, 0.25) is 10.0 Å². The molecule has 0 aliphatic heterocycles. The lowest BCUT2D eigenvalue weighted by atomic mass is 9.66. The number of nitrogens with two attached hydrogens (primary N) is 1. The van der Waals surface area contributed by atoms with E-state index in [2.05, 4.69) is 0 Å². The molecule has 0 spiro atoms. The standard InChI is InChI=1S/C13H18Cl2FNO/c1-12(2,17)13(3,4-5-18)8-6-11(16)10(15)7-9(8)14/h6-7,18H,4-5,17H2,1-3H3. The summed E-state index contributed by atoms with van der Waals surface area (Å²) in [5.74, 6) is -0.538. The fraction of sp³-hybridized carbons (Fsp3) is 0.538. The fourth-order valence-electron chi connectivity index (χ4n) is 1.97. The average Bonchev–Trinajstić information content (AvgIpc) is 2.22. The minimum Gasteiger partial charge on any atom is -0.396 e. The summed E-state index contributed by atoms with van der Waals surface area (Å²) in [6, 6.07) is 2.67. The molecule has 1 unspecified atom stereocenters. The van der Waals surface area contributed by atoms with E-state index < -0.39 is 16.8 Å². The van der Waals surface area contributed by atoms with Crippen molar-refractivity contribution in [2.75, 3.05) is 6.61 Å². The number of aliphatic hydroxyl groups excluding tert-OH is 1. The highest BCUT2D eigenvalue weighted by molar-refractivity contribution is 6.35.